The van der Waals surface area contributed by atoms with Gasteiger partial charge in [0.1, 0.15) is 17.5 Å². The SMILES string of the molecule is C.CN1NN(CCl)C=C1c1ccccc1.CN1NN(COc2ccc3ccccc3c2)C=C1c1ccccc1.O=CO[O-].O=S(=O)([O-])C(F)(F)F.Oc1ccc2ccccc2c1.[H-].[K+].[K+]. The molecule has 6 aromatic carbocycles. The average Bonchev–Trinajstić information content (AvgIpc) is 3.84. The predicted octanol–water partition coefficient (Wildman–Crippen LogP) is 1.48. The molecule has 3 N–H and O–H groups in total. The van der Waals surface area contributed by atoms with E-state index < -0.39 is 15.6 Å². The van der Waals surface area contributed by atoms with Crippen LogP contribution in [0, 0.1) is 0 Å². The van der Waals surface area contributed by atoms with Crippen LogP contribution in [-0.4, -0.2) is 76.9 Å². The molecule has 6 aromatic rings. The Morgan fingerprint density at radius 1 is 0.703 bits per heavy atom. The average molecular weight is 977 g/mol. The first-order chi connectivity index (χ1) is 29.1. The first-order valence-electron chi connectivity index (χ1n) is 17.8. The minimum absolute atomic E-state index is 0. The van der Waals surface area contributed by atoms with Crippen molar-refractivity contribution in [3.8, 4) is 11.5 Å². The summed E-state index contributed by atoms with van der Waals surface area (Å²) in [5.41, 5.74) is 5.28. The van der Waals surface area contributed by atoms with E-state index in [4.69, 9.17) is 44.5 Å². The third-order valence-corrected chi connectivity index (χ3v) is 9.08. The molecule has 8 rings (SSSR count). The summed E-state index contributed by atoms with van der Waals surface area (Å²) in [5, 5.41) is 29.9. The number of rotatable bonds is 7. The molecular weight excluding hydrogens is 931 g/mol. The maximum Gasteiger partial charge on any atom is 1.00 e. The fourth-order valence-corrected chi connectivity index (χ4v) is 5.60. The molecule has 0 unspecified atom stereocenters. The summed E-state index contributed by atoms with van der Waals surface area (Å²) < 4.78 is 64.8. The summed E-state index contributed by atoms with van der Waals surface area (Å²) in [6.07, 6.45) is 4.04. The van der Waals surface area contributed by atoms with Gasteiger partial charge in [0.05, 0.1) is 11.4 Å². The molecule has 0 spiro atoms. The Bertz CT molecular complexity index is 2510. The molecule has 0 radical (unpaired) electrons. The van der Waals surface area contributed by atoms with Gasteiger partial charge in [-0.2, -0.15) is 13.2 Å². The van der Waals surface area contributed by atoms with Gasteiger partial charge in [0, 0.05) is 37.6 Å². The zero-order valence-corrected chi connectivity index (χ0v) is 42.3. The van der Waals surface area contributed by atoms with Crippen LogP contribution >= 0.6 is 11.6 Å². The number of halogens is 4. The Hall–Kier alpha value is -3.27. The number of benzene rings is 6. The number of phenolic OH excluding ortho intramolecular Hbond substituents is 1. The Balaban J connectivity index is 0.000000862. The van der Waals surface area contributed by atoms with Crippen molar-refractivity contribution in [1.29, 1.82) is 0 Å². The standard InChI is InChI=1S/C20H19N3O.C10H12ClN3.C10H8O.CHF3O3S.CH2O3.CH4.2K.H/c1-22-20(17-8-3-2-4-9-17)14-23(21-22)15-24-19-12-11-16-7-5-6-10-18(16)13-19;1-13-10(7-14(8-11)12-13)9-5-3-2-4-6-9;11-10-6-5-8-3-1-2-4-9(8)7-10;2-1(3,4)8(5,6)7;2-1-4-3;;;;/h2-14,21H,15H2,1H3;2-7,12H,8H2,1H3;1-7,11H;(H,5,6,7);1,3H;1H4;;;/q;;;;;;2*+1;-1/p-2. The number of phenols is 1. The Kier molecular flexibility index (Phi) is 27.0. The summed E-state index contributed by atoms with van der Waals surface area (Å²) in [5.74, 6) is 1.18. The number of alkyl halides is 4. The second kappa shape index (κ2) is 29.4. The van der Waals surface area contributed by atoms with E-state index in [2.05, 4.69) is 70.7 Å². The van der Waals surface area contributed by atoms with Gasteiger partial charge in [0.2, 0.25) is 0 Å². The first kappa shape index (κ1) is 58.7. The molecule has 0 amide bonds. The van der Waals surface area contributed by atoms with Gasteiger partial charge in [-0.05, 0) is 45.8 Å². The Morgan fingerprint density at radius 3 is 1.52 bits per heavy atom. The molecular formula is C43H45ClF3K2N6O8S-. The van der Waals surface area contributed by atoms with E-state index in [0.717, 1.165) is 27.9 Å². The first-order valence-corrected chi connectivity index (χ1v) is 19.7. The van der Waals surface area contributed by atoms with E-state index in [1.54, 1.807) is 12.1 Å². The van der Waals surface area contributed by atoms with Gasteiger partial charge in [0.15, 0.2) is 16.8 Å². The maximum atomic E-state index is 10.7. The molecule has 2 heterocycles. The number of nitrogens with one attached hydrogen (secondary N) is 2. The van der Waals surface area contributed by atoms with Gasteiger partial charge in [-0.3, -0.25) is 24.8 Å². The molecule has 0 atom stereocenters. The van der Waals surface area contributed by atoms with Gasteiger partial charge in [-0.1, -0.05) is 129 Å². The van der Waals surface area contributed by atoms with E-state index in [9.17, 15) is 13.2 Å². The number of carbonyl (C=O) groups is 1. The monoisotopic (exact) mass is 975 g/mol. The van der Waals surface area contributed by atoms with Crippen LogP contribution in [0.5, 0.6) is 11.5 Å². The fourth-order valence-electron chi connectivity index (χ4n) is 5.48. The number of carbonyl (C=O) groups excluding carboxylic acids is 1. The third kappa shape index (κ3) is 18.9. The maximum absolute atomic E-state index is 10.7. The van der Waals surface area contributed by atoms with Crippen molar-refractivity contribution in [3.63, 3.8) is 0 Å². The molecule has 0 fully saturated rings. The molecule has 332 valence electrons. The van der Waals surface area contributed by atoms with Crippen molar-refractivity contribution >= 4 is 61.1 Å². The van der Waals surface area contributed by atoms with Crippen molar-refractivity contribution in [3.05, 3.63) is 169 Å². The van der Waals surface area contributed by atoms with Gasteiger partial charge >= 0.3 is 108 Å². The summed E-state index contributed by atoms with van der Waals surface area (Å²) in [6, 6.07) is 48.7. The molecule has 21 heteroatoms. The van der Waals surface area contributed by atoms with Crippen LogP contribution in [0.25, 0.3) is 32.9 Å². The molecule has 0 bridgehead atoms. The quantitative estimate of drug-likeness (QED) is 0.0307. The van der Waals surface area contributed by atoms with E-state index in [1.165, 1.54) is 21.9 Å². The van der Waals surface area contributed by atoms with E-state index in [0.29, 0.717) is 18.5 Å². The molecule has 2 aliphatic rings. The zero-order chi connectivity index (χ0) is 44.4. The summed E-state index contributed by atoms with van der Waals surface area (Å²) in [6.45, 7) is 0.249. The van der Waals surface area contributed by atoms with Gasteiger partial charge in [-0.15, -0.1) is 22.7 Å². The van der Waals surface area contributed by atoms with Crippen molar-refractivity contribution < 1.29 is 155 Å². The van der Waals surface area contributed by atoms with Crippen LogP contribution in [0.1, 0.15) is 20.0 Å². The normalized spacial score (nSPS) is 12.6. The van der Waals surface area contributed by atoms with Crippen LogP contribution in [-0.2, 0) is 19.8 Å². The molecule has 2 aliphatic heterocycles. The second-order valence-corrected chi connectivity index (χ2v) is 14.2. The Labute approximate surface area is 461 Å². The molecule has 0 saturated carbocycles. The molecule has 0 aromatic heterocycles. The topological polar surface area (TPSA) is 173 Å². The van der Waals surface area contributed by atoms with Crippen molar-refractivity contribution in [2.24, 2.45) is 0 Å². The number of fused-ring (bicyclic) bond motifs is 2. The fraction of sp³-hybridized carbons (Fsp3) is 0.140. The molecule has 0 saturated heterocycles. The minimum atomic E-state index is -6.09. The van der Waals surface area contributed by atoms with Crippen LogP contribution in [0.2, 0.25) is 0 Å². The van der Waals surface area contributed by atoms with E-state index in [-0.39, 0.29) is 118 Å². The van der Waals surface area contributed by atoms with Crippen molar-refractivity contribution in [2.45, 2.75) is 12.9 Å². The number of hydrogen-bond acceptors (Lipinski definition) is 14. The largest absolute Gasteiger partial charge is 1.00 e. The Morgan fingerprint density at radius 2 is 1.09 bits per heavy atom. The number of aromatic hydroxyl groups is 1. The van der Waals surface area contributed by atoms with Crippen molar-refractivity contribution in [2.75, 3.05) is 26.8 Å². The van der Waals surface area contributed by atoms with E-state index >= 15 is 0 Å². The molecule has 0 aliphatic carbocycles. The summed E-state index contributed by atoms with van der Waals surface area (Å²) >= 11 is 5.72. The van der Waals surface area contributed by atoms with Gasteiger partial charge in [-0.25, -0.2) is 8.42 Å². The molecule has 64 heavy (non-hydrogen) atoms. The van der Waals surface area contributed by atoms with Crippen LogP contribution < -0.4 is 124 Å². The number of hydrazine groups is 4. The van der Waals surface area contributed by atoms with Crippen LogP contribution in [0.15, 0.2) is 158 Å². The smallest absolute Gasteiger partial charge is 1.00 e. The number of ether oxygens (including phenoxy) is 1. The van der Waals surface area contributed by atoms with Crippen LogP contribution in [0.4, 0.5) is 13.2 Å². The molecule has 14 nitrogen and oxygen atoms in total. The van der Waals surface area contributed by atoms with Crippen LogP contribution in [0.3, 0.4) is 0 Å². The van der Waals surface area contributed by atoms with Gasteiger partial charge < -0.3 is 26.0 Å². The summed E-state index contributed by atoms with van der Waals surface area (Å²) in [4.78, 5) is 11.2. The number of hydrogen-bond donors (Lipinski definition) is 3. The minimum Gasteiger partial charge on any atom is -1.00 e. The second-order valence-electron chi connectivity index (χ2n) is 12.5. The van der Waals surface area contributed by atoms with Gasteiger partial charge in [0.25, 0.3) is 6.47 Å². The zero-order valence-electron chi connectivity index (χ0n) is 35.5. The van der Waals surface area contributed by atoms with Crippen molar-refractivity contribution in [1.82, 2.24) is 31.1 Å². The van der Waals surface area contributed by atoms with E-state index in [1.807, 2.05) is 125 Å². The predicted molar refractivity (Wildman–Crippen MR) is 231 cm³/mol. The third-order valence-electron chi connectivity index (χ3n) is 8.25. The number of nitrogens with zero attached hydrogens (tertiary/aromatic N) is 4. The summed E-state index contributed by atoms with van der Waals surface area (Å²) in [7, 11) is -2.13.